The van der Waals surface area contributed by atoms with Crippen LogP contribution < -0.4 is 0 Å². The minimum atomic E-state index is 0.834. The zero-order valence-electron chi connectivity index (χ0n) is 24.7. The molecule has 0 amide bonds. The van der Waals surface area contributed by atoms with Gasteiger partial charge in [-0.3, -0.25) is 4.98 Å². The Hall–Kier alpha value is -6.33. The van der Waals surface area contributed by atoms with Crippen molar-refractivity contribution in [2.24, 2.45) is 0 Å². The Morgan fingerprint density at radius 2 is 0.870 bits per heavy atom. The van der Waals surface area contributed by atoms with Crippen LogP contribution in [0.5, 0.6) is 0 Å². The van der Waals surface area contributed by atoms with Crippen molar-refractivity contribution in [2.45, 2.75) is 0 Å². The number of fused-ring (bicyclic) bond motifs is 5. The van der Waals surface area contributed by atoms with Crippen molar-refractivity contribution in [3.8, 4) is 45.2 Å². The molecule has 0 aliphatic rings. The van der Waals surface area contributed by atoms with E-state index < -0.39 is 0 Å². The molecule has 0 saturated heterocycles. The largest absolute Gasteiger partial charge is 0.255 e. The zero-order chi connectivity index (χ0) is 30.5. The number of hydrogen-bond donors (Lipinski definition) is 0. The Kier molecular flexibility index (Phi) is 6.06. The van der Waals surface area contributed by atoms with Gasteiger partial charge in [0, 0.05) is 33.7 Å². The molecule has 5 nitrogen and oxygen atoms in total. The van der Waals surface area contributed by atoms with Crippen LogP contribution in [0.2, 0.25) is 0 Å². The fraction of sp³-hybridized carbons (Fsp3) is 0. The van der Waals surface area contributed by atoms with E-state index in [2.05, 4.69) is 83.8 Å². The van der Waals surface area contributed by atoms with E-state index in [-0.39, 0.29) is 0 Å². The van der Waals surface area contributed by atoms with Crippen molar-refractivity contribution in [3.05, 3.63) is 152 Å². The van der Waals surface area contributed by atoms with Gasteiger partial charge in [-0.25, -0.2) is 19.9 Å². The normalized spacial score (nSPS) is 11.5. The van der Waals surface area contributed by atoms with E-state index >= 15 is 0 Å². The van der Waals surface area contributed by atoms with Gasteiger partial charge in [-0.05, 0) is 59.3 Å². The molecule has 9 aromatic rings. The van der Waals surface area contributed by atoms with Crippen molar-refractivity contribution >= 4 is 43.6 Å². The average molecular weight is 588 g/mol. The Bertz CT molecular complexity index is 2580. The highest BCUT2D eigenvalue weighted by molar-refractivity contribution is 6.04. The summed E-state index contributed by atoms with van der Waals surface area (Å²) < 4.78 is 0. The van der Waals surface area contributed by atoms with Crippen LogP contribution in [-0.4, -0.2) is 24.9 Å². The summed E-state index contributed by atoms with van der Waals surface area (Å²) in [5.41, 5.74) is 11.0. The van der Waals surface area contributed by atoms with E-state index in [1.807, 2.05) is 66.7 Å². The zero-order valence-corrected chi connectivity index (χ0v) is 24.7. The van der Waals surface area contributed by atoms with Gasteiger partial charge in [-0.15, -0.1) is 0 Å². The van der Waals surface area contributed by atoms with Crippen LogP contribution in [0.4, 0.5) is 0 Å². The number of rotatable bonds is 4. The Balaban J connectivity index is 1.14. The summed E-state index contributed by atoms with van der Waals surface area (Å²) in [4.78, 5) is 24.8. The summed E-state index contributed by atoms with van der Waals surface area (Å²) in [6, 6.07) is 49.7. The van der Waals surface area contributed by atoms with Gasteiger partial charge in [0.05, 0.1) is 50.5 Å². The molecule has 9 rings (SSSR count). The van der Waals surface area contributed by atoms with Gasteiger partial charge in [0.1, 0.15) is 0 Å². The Labute approximate surface area is 264 Å². The predicted molar refractivity (Wildman–Crippen MR) is 187 cm³/mol. The smallest absolute Gasteiger partial charge is 0.0973 e. The summed E-state index contributed by atoms with van der Waals surface area (Å²) in [6.45, 7) is 0. The molecule has 4 aromatic heterocycles. The van der Waals surface area contributed by atoms with E-state index in [4.69, 9.17) is 19.9 Å². The number of aromatic nitrogens is 5. The summed E-state index contributed by atoms with van der Waals surface area (Å²) in [5.74, 6) is 0. The van der Waals surface area contributed by atoms with E-state index in [0.29, 0.717) is 0 Å². The summed E-state index contributed by atoms with van der Waals surface area (Å²) >= 11 is 0. The maximum atomic E-state index is 5.15. The van der Waals surface area contributed by atoms with E-state index in [9.17, 15) is 0 Å². The molecule has 0 radical (unpaired) electrons. The van der Waals surface area contributed by atoms with Gasteiger partial charge in [0.25, 0.3) is 0 Å². The van der Waals surface area contributed by atoms with Crippen LogP contribution in [0.1, 0.15) is 0 Å². The van der Waals surface area contributed by atoms with Gasteiger partial charge in [-0.2, -0.15) is 0 Å². The van der Waals surface area contributed by atoms with E-state index in [1.165, 1.54) is 0 Å². The fourth-order valence-corrected chi connectivity index (χ4v) is 6.14. The molecule has 46 heavy (non-hydrogen) atoms. The Morgan fingerprint density at radius 3 is 1.57 bits per heavy atom. The van der Waals surface area contributed by atoms with Crippen molar-refractivity contribution in [3.63, 3.8) is 0 Å². The van der Waals surface area contributed by atoms with Crippen LogP contribution in [0.25, 0.3) is 88.8 Å². The lowest BCUT2D eigenvalue weighted by Crippen LogP contribution is -1.95. The molecule has 4 heterocycles. The molecule has 0 saturated carbocycles. The van der Waals surface area contributed by atoms with Crippen LogP contribution in [-0.2, 0) is 0 Å². The third kappa shape index (κ3) is 4.54. The fourth-order valence-electron chi connectivity index (χ4n) is 6.14. The SMILES string of the molecule is c1ccc(-c2nc3ccccc3nc2-c2ccc3cc(-c4ccc5ccc6ccc(-c7ccccn7)nc6c5n4)ccc3c2)cc1. The third-order valence-electron chi connectivity index (χ3n) is 8.47. The summed E-state index contributed by atoms with van der Waals surface area (Å²) in [5, 5.41) is 4.36. The van der Waals surface area contributed by atoms with Crippen molar-refractivity contribution < 1.29 is 0 Å². The number of nitrogens with zero attached hydrogens (tertiary/aromatic N) is 5. The highest BCUT2D eigenvalue weighted by Crippen LogP contribution is 2.34. The van der Waals surface area contributed by atoms with Gasteiger partial charge < -0.3 is 0 Å². The van der Waals surface area contributed by atoms with Crippen molar-refractivity contribution in [1.29, 1.82) is 0 Å². The molecule has 5 aromatic carbocycles. The van der Waals surface area contributed by atoms with Crippen LogP contribution in [0, 0.1) is 0 Å². The number of benzene rings is 5. The minimum absolute atomic E-state index is 0.834. The van der Waals surface area contributed by atoms with E-state index in [1.54, 1.807) is 6.20 Å². The minimum Gasteiger partial charge on any atom is -0.255 e. The predicted octanol–water partition coefficient (Wildman–Crippen LogP) is 9.94. The van der Waals surface area contributed by atoms with Crippen molar-refractivity contribution in [1.82, 2.24) is 24.9 Å². The van der Waals surface area contributed by atoms with Gasteiger partial charge in [-0.1, -0.05) is 97.1 Å². The molecule has 0 bridgehead atoms. The van der Waals surface area contributed by atoms with Crippen molar-refractivity contribution in [2.75, 3.05) is 0 Å². The molecule has 0 fully saturated rings. The van der Waals surface area contributed by atoms with Crippen LogP contribution >= 0.6 is 0 Å². The number of pyridine rings is 3. The number of hydrogen-bond acceptors (Lipinski definition) is 5. The first-order valence-corrected chi connectivity index (χ1v) is 15.3. The molecule has 0 atom stereocenters. The van der Waals surface area contributed by atoms with Gasteiger partial charge >= 0.3 is 0 Å². The molecule has 0 aliphatic heterocycles. The molecule has 5 heteroatoms. The lowest BCUT2D eigenvalue weighted by atomic mass is 9.98. The first-order chi connectivity index (χ1) is 22.8. The third-order valence-corrected chi connectivity index (χ3v) is 8.47. The number of para-hydroxylation sites is 2. The van der Waals surface area contributed by atoms with Gasteiger partial charge in [0.2, 0.25) is 0 Å². The molecule has 0 N–H and O–H groups in total. The second kappa shape index (κ2) is 10.7. The summed E-state index contributed by atoms with van der Waals surface area (Å²) in [6.07, 6.45) is 1.79. The Morgan fingerprint density at radius 1 is 0.326 bits per heavy atom. The molecule has 0 spiro atoms. The topological polar surface area (TPSA) is 64.5 Å². The summed E-state index contributed by atoms with van der Waals surface area (Å²) in [7, 11) is 0. The highest BCUT2D eigenvalue weighted by atomic mass is 14.8. The monoisotopic (exact) mass is 587 g/mol. The molecule has 0 aliphatic carbocycles. The van der Waals surface area contributed by atoms with Gasteiger partial charge in [0.15, 0.2) is 0 Å². The van der Waals surface area contributed by atoms with Crippen LogP contribution in [0.3, 0.4) is 0 Å². The maximum absolute atomic E-state index is 5.15. The standard InChI is InChI=1S/C41H25N5/c1-2-8-26(9-3-1)38-41(45-36-12-5-4-11-35(36)44-38)32-18-16-29-24-31(17-15-30(29)25-32)33-21-19-27-13-14-28-20-22-37(34-10-6-7-23-42-34)46-40(28)39(27)43-33/h1-25H. The quantitative estimate of drug-likeness (QED) is 0.192. The lowest BCUT2D eigenvalue weighted by molar-refractivity contribution is 1.27. The average Bonchev–Trinajstić information content (AvgIpc) is 3.14. The molecular weight excluding hydrogens is 562 g/mol. The lowest BCUT2D eigenvalue weighted by Gasteiger charge is -2.12. The highest BCUT2D eigenvalue weighted by Gasteiger charge is 2.14. The first kappa shape index (κ1) is 26.1. The van der Waals surface area contributed by atoms with E-state index in [0.717, 1.165) is 88.8 Å². The molecular formula is C41H25N5. The first-order valence-electron chi connectivity index (χ1n) is 15.3. The molecule has 0 unspecified atom stereocenters. The maximum Gasteiger partial charge on any atom is 0.0973 e. The van der Waals surface area contributed by atoms with Crippen LogP contribution in [0.15, 0.2) is 152 Å². The molecule has 214 valence electrons. The second-order valence-corrected chi connectivity index (χ2v) is 11.4. The second-order valence-electron chi connectivity index (χ2n) is 11.4.